The first-order valence-electron chi connectivity index (χ1n) is 9.33. The average molecular weight is 384 g/mol. The van der Waals surface area contributed by atoms with E-state index >= 15 is 0 Å². The number of methoxy groups -OCH3 is 1. The van der Waals surface area contributed by atoms with Gasteiger partial charge in [-0.25, -0.2) is 0 Å². The summed E-state index contributed by atoms with van der Waals surface area (Å²) in [6.07, 6.45) is 0.00984. The number of anilines is 1. The highest BCUT2D eigenvalue weighted by molar-refractivity contribution is 6.04. The monoisotopic (exact) mass is 384 g/mol. The summed E-state index contributed by atoms with van der Waals surface area (Å²) in [5, 5.41) is 5.63. The molecule has 0 heterocycles. The molecule has 150 valence electrons. The van der Waals surface area contributed by atoms with Gasteiger partial charge in [0, 0.05) is 20.3 Å². The van der Waals surface area contributed by atoms with Crippen molar-refractivity contribution in [1.29, 1.82) is 0 Å². The lowest BCUT2D eigenvalue weighted by Crippen LogP contribution is -2.32. The number of carbonyl (C=O) groups is 2. The van der Waals surface area contributed by atoms with Crippen molar-refractivity contribution in [3.05, 3.63) is 59.2 Å². The van der Waals surface area contributed by atoms with E-state index in [1.54, 1.807) is 38.3 Å². The van der Waals surface area contributed by atoms with Gasteiger partial charge in [0.1, 0.15) is 5.75 Å². The van der Waals surface area contributed by atoms with Crippen LogP contribution < -0.4 is 15.4 Å². The molecule has 6 heteroatoms. The maximum atomic E-state index is 12.6. The van der Waals surface area contributed by atoms with Crippen LogP contribution in [0.1, 0.15) is 34.8 Å². The van der Waals surface area contributed by atoms with Gasteiger partial charge in [-0.3, -0.25) is 9.59 Å². The molecule has 6 nitrogen and oxygen atoms in total. The van der Waals surface area contributed by atoms with Crippen molar-refractivity contribution in [2.45, 2.75) is 33.3 Å². The number of aryl methyl sites for hydroxylation is 2. The Morgan fingerprint density at radius 3 is 2.61 bits per heavy atom. The molecule has 0 fully saturated rings. The molecular formula is C22H28N2O4. The minimum absolute atomic E-state index is 0.241. The van der Waals surface area contributed by atoms with Gasteiger partial charge in [0.15, 0.2) is 6.10 Å². The summed E-state index contributed by atoms with van der Waals surface area (Å²) in [7, 11) is 1.62. The van der Waals surface area contributed by atoms with Crippen molar-refractivity contribution in [2.24, 2.45) is 0 Å². The van der Waals surface area contributed by atoms with Crippen molar-refractivity contribution in [1.82, 2.24) is 5.32 Å². The second-order valence-electron chi connectivity index (χ2n) is 6.67. The maximum absolute atomic E-state index is 12.6. The number of benzene rings is 2. The van der Waals surface area contributed by atoms with Gasteiger partial charge in [0.2, 0.25) is 0 Å². The number of ether oxygens (including phenoxy) is 2. The van der Waals surface area contributed by atoms with Gasteiger partial charge in [0.25, 0.3) is 11.8 Å². The van der Waals surface area contributed by atoms with Crippen LogP contribution in [0.4, 0.5) is 5.69 Å². The number of para-hydroxylation sites is 1. The zero-order valence-corrected chi connectivity index (χ0v) is 16.9. The zero-order chi connectivity index (χ0) is 20.5. The molecule has 0 aromatic heterocycles. The third kappa shape index (κ3) is 6.09. The van der Waals surface area contributed by atoms with Crippen LogP contribution in [0.2, 0.25) is 0 Å². The largest absolute Gasteiger partial charge is 0.481 e. The van der Waals surface area contributed by atoms with Crippen LogP contribution in [0.3, 0.4) is 0 Å². The normalized spacial score (nSPS) is 11.6. The Hall–Kier alpha value is -2.86. The summed E-state index contributed by atoms with van der Waals surface area (Å²) in [5.41, 5.74) is 2.88. The number of carbonyl (C=O) groups excluding carboxylic acids is 2. The van der Waals surface area contributed by atoms with E-state index in [4.69, 9.17) is 9.47 Å². The minimum atomic E-state index is -0.710. The Morgan fingerprint density at radius 2 is 1.86 bits per heavy atom. The molecule has 0 aliphatic rings. The Morgan fingerprint density at radius 1 is 1.11 bits per heavy atom. The fourth-order valence-corrected chi connectivity index (χ4v) is 2.62. The summed E-state index contributed by atoms with van der Waals surface area (Å²) in [6.45, 7) is 6.67. The van der Waals surface area contributed by atoms with Crippen molar-refractivity contribution in [3.8, 4) is 5.75 Å². The van der Waals surface area contributed by atoms with Crippen molar-refractivity contribution in [2.75, 3.05) is 25.6 Å². The summed E-state index contributed by atoms with van der Waals surface area (Å²) >= 11 is 0. The lowest BCUT2D eigenvalue weighted by molar-refractivity contribution is -0.122. The minimum Gasteiger partial charge on any atom is -0.481 e. The molecule has 28 heavy (non-hydrogen) atoms. The lowest BCUT2D eigenvalue weighted by Gasteiger charge is -2.18. The standard InChI is InChI=1S/C22H28N2O4/c1-15-10-11-16(2)20(14-15)28-17(3)21(25)24-19-9-6-5-8-18(19)22(26)23-12-7-13-27-4/h5-6,8-11,14,17H,7,12-13H2,1-4H3,(H,23,26)(H,24,25). The molecule has 2 N–H and O–H groups in total. The molecule has 0 aliphatic heterocycles. The van der Waals surface area contributed by atoms with E-state index in [-0.39, 0.29) is 11.8 Å². The molecular weight excluding hydrogens is 356 g/mol. The summed E-state index contributed by atoms with van der Waals surface area (Å²) < 4.78 is 10.8. The first-order valence-corrected chi connectivity index (χ1v) is 9.33. The molecule has 0 bridgehead atoms. The maximum Gasteiger partial charge on any atom is 0.265 e. The van der Waals surface area contributed by atoms with E-state index in [1.807, 2.05) is 32.0 Å². The van der Waals surface area contributed by atoms with Crippen molar-refractivity contribution in [3.63, 3.8) is 0 Å². The average Bonchev–Trinajstić information content (AvgIpc) is 2.68. The van der Waals surface area contributed by atoms with Crippen LogP contribution in [0.5, 0.6) is 5.75 Å². The van der Waals surface area contributed by atoms with E-state index in [0.29, 0.717) is 30.2 Å². The number of hydrogen-bond donors (Lipinski definition) is 2. The third-order valence-corrected chi connectivity index (χ3v) is 4.26. The molecule has 2 amide bonds. The lowest BCUT2D eigenvalue weighted by atomic mass is 10.1. The second-order valence-corrected chi connectivity index (χ2v) is 6.67. The molecule has 0 spiro atoms. The molecule has 0 radical (unpaired) electrons. The Bertz CT molecular complexity index is 820. The first kappa shape index (κ1) is 21.4. The smallest absolute Gasteiger partial charge is 0.265 e. The Labute approximate surface area is 166 Å². The van der Waals surface area contributed by atoms with Crippen LogP contribution in [0, 0.1) is 13.8 Å². The predicted octanol–water partition coefficient (Wildman–Crippen LogP) is 3.48. The third-order valence-electron chi connectivity index (χ3n) is 4.26. The van der Waals surface area contributed by atoms with E-state index in [0.717, 1.165) is 17.5 Å². The topological polar surface area (TPSA) is 76.7 Å². The van der Waals surface area contributed by atoms with Crippen LogP contribution in [0.15, 0.2) is 42.5 Å². The molecule has 2 rings (SSSR count). The van der Waals surface area contributed by atoms with E-state index in [9.17, 15) is 9.59 Å². The quantitative estimate of drug-likeness (QED) is 0.649. The molecule has 2 aromatic rings. The van der Waals surface area contributed by atoms with Crippen LogP contribution >= 0.6 is 0 Å². The first-order chi connectivity index (χ1) is 13.4. The van der Waals surface area contributed by atoms with Gasteiger partial charge in [-0.1, -0.05) is 24.3 Å². The highest BCUT2D eigenvalue weighted by Gasteiger charge is 2.19. The fraction of sp³-hybridized carbons (Fsp3) is 0.364. The van der Waals surface area contributed by atoms with Crippen LogP contribution in [-0.2, 0) is 9.53 Å². The number of amides is 2. The molecule has 1 unspecified atom stereocenters. The second kappa shape index (κ2) is 10.5. The Balaban J connectivity index is 2.03. The van der Waals surface area contributed by atoms with E-state index in [2.05, 4.69) is 10.6 Å². The Kier molecular flexibility index (Phi) is 8.02. The highest BCUT2D eigenvalue weighted by atomic mass is 16.5. The molecule has 0 aliphatic carbocycles. The van der Waals surface area contributed by atoms with E-state index in [1.165, 1.54) is 0 Å². The SMILES string of the molecule is COCCCNC(=O)c1ccccc1NC(=O)C(C)Oc1cc(C)ccc1C. The van der Waals surface area contributed by atoms with Crippen LogP contribution in [-0.4, -0.2) is 38.2 Å². The molecule has 1 atom stereocenters. The molecule has 2 aromatic carbocycles. The summed E-state index contributed by atoms with van der Waals surface area (Å²) in [5.74, 6) is 0.113. The zero-order valence-electron chi connectivity index (χ0n) is 16.9. The number of hydrogen-bond acceptors (Lipinski definition) is 4. The van der Waals surface area contributed by atoms with Gasteiger partial charge in [0.05, 0.1) is 11.3 Å². The van der Waals surface area contributed by atoms with E-state index < -0.39 is 6.10 Å². The number of rotatable bonds is 9. The van der Waals surface area contributed by atoms with Gasteiger partial charge in [-0.05, 0) is 56.5 Å². The highest BCUT2D eigenvalue weighted by Crippen LogP contribution is 2.21. The summed E-state index contributed by atoms with van der Waals surface area (Å²) in [6, 6.07) is 12.8. The number of nitrogens with one attached hydrogen (secondary N) is 2. The fourth-order valence-electron chi connectivity index (χ4n) is 2.62. The van der Waals surface area contributed by atoms with Gasteiger partial charge >= 0.3 is 0 Å². The van der Waals surface area contributed by atoms with Crippen molar-refractivity contribution >= 4 is 17.5 Å². The molecule has 0 saturated heterocycles. The van der Waals surface area contributed by atoms with Gasteiger partial charge in [-0.15, -0.1) is 0 Å². The van der Waals surface area contributed by atoms with Crippen LogP contribution in [0.25, 0.3) is 0 Å². The molecule has 0 saturated carbocycles. The predicted molar refractivity (Wildman–Crippen MR) is 110 cm³/mol. The van der Waals surface area contributed by atoms with Gasteiger partial charge < -0.3 is 20.1 Å². The summed E-state index contributed by atoms with van der Waals surface area (Å²) in [4.78, 5) is 25.0. The van der Waals surface area contributed by atoms with Gasteiger partial charge in [-0.2, -0.15) is 0 Å². The van der Waals surface area contributed by atoms with Crippen molar-refractivity contribution < 1.29 is 19.1 Å².